The van der Waals surface area contributed by atoms with Crippen molar-refractivity contribution in [2.45, 2.75) is 57.5 Å². The standard InChI is InChI=1S/C20H29NO2/c22-20(16-18-8-4-5-9-18)21-13-10-19(11-14-21)23-15-12-17-6-2-1-3-7-17/h1-3,6-7,18-19H,4-5,8-16H2. The monoisotopic (exact) mass is 315 g/mol. The Bertz CT molecular complexity index is 474. The Labute approximate surface area is 140 Å². The minimum absolute atomic E-state index is 0.328. The zero-order valence-corrected chi connectivity index (χ0v) is 14.1. The van der Waals surface area contributed by atoms with Gasteiger partial charge in [0.05, 0.1) is 12.7 Å². The zero-order valence-electron chi connectivity index (χ0n) is 14.1. The number of rotatable bonds is 6. The van der Waals surface area contributed by atoms with Gasteiger partial charge in [-0.3, -0.25) is 4.79 Å². The Balaban J connectivity index is 1.32. The molecule has 23 heavy (non-hydrogen) atoms. The summed E-state index contributed by atoms with van der Waals surface area (Å²) in [6.45, 7) is 2.54. The molecular weight excluding hydrogens is 286 g/mol. The molecule has 0 atom stereocenters. The van der Waals surface area contributed by atoms with E-state index < -0.39 is 0 Å². The molecule has 0 aromatic heterocycles. The van der Waals surface area contributed by atoms with Crippen LogP contribution < -0.4 is 0 Å². The number of piperidine rings is 1. The maximum absolute atomic E-state index is 12.3. The number of likely N-dealkylation sites (tertiary alicyclic amines) is 1. The number of nitrogens with zero attached hydrogens (tertiary/aromatic N) is 1. The number of carbonyl (C=O) groups excluding carboxylic acids is 1. The fraction of sp³-hybridized carbons (Fsp3) is 0.650. The molecular formula is C20H29NO2. The summed E-state index contributed by atoms with van der Waals surface area (Å²) in [6.07, 6.45) is 9.20. The molecule has 1 aliphatic heterocycles. The molecule has 3 heteroatoms. The van der Waals surface area contributed by atoms with Crippen molar-refractivity contribution in [3.63, 3.8) is 0 Å². The Morgan fingerprint density at radius 1 is 1.04 bits per heavy atom. The third kappa shape index (κ3) is 5.07. The number of ether oxygens (including phenoxy) is 1. The van der Waals surface area contributed by atoms with Gasteiger partial charge in [-0.15, -0.1) is 0 Å². The first-order valence-electron chi connectivity index (χ1n) is 9.24. The summed E-state index contributed by atoms with van der Waals surface area (Å²) in [6, 6.07) is 10.5. The maximum Gasteiger partial charge on any atom is 0.222 e. The van der Waals surface area contributed by atoms with E-state index in [1.54, 1.807) is 0 Å². The molecule has 2 aliphatic rings. The van der Waals surface area contributed by atoms with E-state index in [1.807, 2.05) is 6.07 Å². The lowest BCUT2D eigenvalue weighted by molar-refractivity contribution is -0.134. The fourth-order valence-electron chi connectivity index (χ4n) is 3.85. The van der Waals surface area contributed by atoms with Crippen LogP contribution in [0.1, 0.15) is 50.5 Å². The lowest BCUT2D eigenvalue weighted by Crippen LogP contribution is -2.41. The van der Waals surface area contributed by atoms with Gasteiger partial charge in [-0.2, -0.15) is 0 Å². The summed E-state index contributed by atoms with van der Waals surface area (Å²) in [7, 11) is 0. The van der Waals surface area contributed by atoms with Gasteiger partial charge >= 0.3 is 0 Å². The lowest BCUT2D eigenvalue weighted by Gasteiger charge is -2.32. The predicted molar refractivity (Wildman–Crippen MR) is 92.3 cm³/mol. The number of carbonyl (C=O) groups is 1. The summed E-state index contributed by atoms with van der Waals surface area (Å²) in [5.74, 6) is 1.03. The Hall–Kier alpha value is -1.35. The first-order valence-corrected chi connectivity index (χ1v) is 9.24. The molecule has 1 aromatic carbocycles. The third-order valence-electron chi connectivity index (χ3n) is 5.32. The van der Waals surface area contributed by atoms with Crippen LogP contribution in [0.15, 0.2) is 30.3 Å². The number of amides is 1. The fourth-order valence-corrected chi connectivity index (χ4v) is 3.85. The van der Waals surface area contributed by atoms with Gasteiger partial charge in [-0.05, 0) is 43.6 Å². The van der Waals surface area contributed by atoms with Gasteiger partial charge in [-0.1, -0.05) is 43.2 Å². The van der Waals surface area contributed by atoms with E-state index >= 15 is 0 Å². The molecule has 2 fully saturated rings. The van der Waals surface area contributed by atoms with Crippen molar-refractivity contribution in [2.75, 3.05) is 19.7 Å². The van der Waals surface area contributed by atoms with Gasteiger partial charge in [0, 0.05) is 19.5 Å². The Kier molecular flexibility index (Phi) is 6.09. The van der Waals surface area contributed by atoms with Crippen molar-refractivity contribution in [3.05, 3.63) is 35.9 Å². The lowest BCUT2D eigenvalue weighted by atomic mass is 10.0. The van der Waals surface area contributed by atoms with Gasteiger partial charge < -0.3 is 9.64 Å². The average Bonchev–Trinajstić information content (AvgIpc) is 3.09. The Morgan fingerprint density at radius 2 is 1.74 bits per heavy atom. The van der Waals surface area contributed by atoms with Crippen LogP contribution in [0, 0.1) is 5.92 Å². The summed E-state index contributed by atoms with van der Waals surface area (Å²) >= 11 is 0. The van der Waals surface area contributed by atoms with Crippen LogP contribution in [0.25, 0.3) is 0 Å². The highest BCUT2D eigenvalue weighted by Gasteiger charge is 2.26. The number of hydrogen-bond donors (Lipinski definition) is 0. The Morgan fingerprint density at radius 3 is 2.43 bits per heavy atom. The van der Waals surface area contributed by atoms with Crippen LogP contribution in [0.3, 0.4) is 0 Å². The quantitative estimate of drug-likeness (QED) is 0.799. The van der Waals surface area contributed by atoms with Gasteiger partial charge in [0.2, 0.25) is 5.91 Å². The largest absolute Gasteiger partial charge is 0.378 e. The van der Waals surface area contributed by atoms with Gasteiger partial charge in [0.1, 0.15) is 0 Å². The van der Waals surface area contributed by atoms with Gasteiger partial charge in [0.25, 0.3) is 0 Å². The molecule has 0 spiro atoms. The highest BCUT2D eigenvalue weighted by atomic mass is 16.5. The van der Waals surface area contributed by atoms with Gasteiger partial charge in [0.15, 0.2) is 0 Å². The predicted octanol–water partition coefficient (Wildman–Crippen LogP) is 3.82. The minimum Gasteiger partial charge on any atom is -0.378 e. The van der Waals surface area contributed by atoms with E-state index in [4.69, 9.17) is 4.74 Å². The molecule has 0 unspecified atom stereocenters. The molecule has 1 saturated carbocycles. The minimum atomic E-state index is 0.328. The van der Waals surface area contributed by atoms with Crippen molar-refractivity contribution >= 4 is 5.91 Å². The second-order valence-corrected chi connectivity index (χ2v) is 7.04. The normalized spacial score (nSPS) is 20.1. The average molecular weight is 315 g/mol. The molecule has 0 bridgehead atoms. The van der Waals surface area contributed by atoms with E-state index in [2.05, 4.69) is 29.2 Å². The van der Waals surface area contributed by atoms with Crippen molar-refractivity contribution in [1.29, 1.82) is 0 Å². The van der Waals surface area contributed by atoms with Crippen LogP contribution in [0.5, 0.6) is 0 Å². The molecule has 3 rings (SSSR count). The smallest absolute Gasteiger partial charge is 0.222 e. The molecule has 1 aromatic rings. The summed E-state index contributed by atoms with van der Waals surface area (Å²) in [5.41, 5.74) is 1.33. The van der Waals surface area contributed by atoms with Crippen molar-refractivity contribution in [3.8, 4) is 0 Å². The molecule has 1 heterocycles. The van der Waals surface area contributed by atoms with Crippen molar-refractivity contribution < 1.29 is 9.53 Å². The molecule has 1 amide bonds. The number of hydrogen-bond acceptors (Lipinski definition) is 2. The van der Waals surface area contributed by atoms with E-state index in [0.717, 1.165) is 45.4 Å². The molecule has 3 nitrogen and oxygen atoms in total. The van der Waals surface area contributed by atoms with E-state index in [1.165, 1.54) is 31.2 Å². The molecule has 1 saturated heterocycles. The zero-order chi connectivity index (χ0) is 15.9. The van der Waals surface area contributed by atoms with Crippen LogP contribution >= 0.6 is 0 Å². The number of benzene rings is 1. The SMILES string of the molecule is O=C(CC1CCCC1)N1CCC(OCCc2ccccc2)CC1. The maximum atomic E-state index is 12.3. The van der Waals surface area contributed by atoms with E-state index in [9.17, 15) is 4.79 Å². The van der Waals surface area contributed by atoms with Gasteiger partial charge in [-0.25, -0.2) is 0 Å². The second-order valence-electron chi connectivity index (χ2n) is 7.04. The molecule has 0 N–H and O–H groups in total. The van der Waals surface area contributed by atoms with Crippen LogP contribution in [-0.2, 0) is 16.0 Å². The van der Waals surface area contributed by atoms with Crippen molar-refractivity contribution in [1.82, 2.24) is 4.90 Å². The van der Waals surface area contributed by atoms with Crippen LogP contribution in [-0.4, -0.2) is 36.6 Å². The topological polar surface area (TPSA) is 29.5 Å². The second kappa shape index (κ2) is 8.49. The van der Waals surface area contributed by atoms with E-state index in [0.29, 0.717) is 17.9 Å². The summed E-state index contributed by atoms with van der Waals surface area (Å²) < 4.78 is 6.01. The molecule has 1 aliphatic carbocycles. The van der Waals surface area contributed by atoms with Crippen LogP contribution in [0.2, 0.25) is 0 Å². The third-order valence-corrected chi connectivity index (χ3v) is 5.32. The van der Waals surface area contributed by atoms with Crippen molar-refractivity contribution in [2.24, 2.45) is 5.92 Å². The molecule has 126 valence electrons. The first-order chi connectivity index (χ1) is 11.3. The summed E-state index contributed by atoms with van der Waals surface area (Å²) in [5, 5.41) is 0. The summed E-state index contributed by atoms with van der Waals surface area (Å²) in [4.78, 5) is 14.4. The molecule has 0 radical (unpaired) electrons. The highest BCUT2D eigenvalue weighted by Crippen LogP contribution is 2.28. The van der Waals surface area contributed by atoms with Crippen LogP contribution in [0.4, 0.5) is 0 Å². The first kappa shape index (κ1) is 16.5. The van der Waals surface area contributed by atoms with E-state index in [-0.39, 0.29) is 0 Å². The highest BCUT2D eigenvalue weighted by molar-refractivity contribution is 5.76.